The van der Waals surface area contributed by atoms with E-state index in [4.69, 9.17) is 5.11 Å². The van der Waals surface area contributed by atoms with Gasteiger partial charge < -0.3 is 5.11 Å². The van der Waals surface area contributed by atoms with Crippen LogP contribution < -0.4 is 0 Å². The number of unbranched alkanes of at least 4 members (excludes halogenated alkanes) is 11. The van der Waals surface area contributed by atoms with Crippen molar-refractivity contribution < 1.29 is 5.11 Å². The third-order valence-electron chi connectivity index (χ3n) is 4.02. The maximum atomic E-state index is 8.77. The number of aliphatic hydroxyl groups excluding tert-OH is 1. The molecule has 0 amide bonds. The molecule has 0 aromatic carbocycles. The largest absolute Gasteiger partial charge is 0.396 e. The van der Waals surface area contributed by atoms with Crippen molar-refractivity contribution in [1.29, 1.82) is 0 Å². The summed E-state index contributed by atoms with van der Waals surface area (Å²) in [6.07, 6.45) is 20.3. The Balaban J connectivity index is 2.99. The first-order valence-corrected chi connectivity index (χ1v) is 8.75. The molecule has 0 rings (SSSR count). The molecule has 0 aliphatic rings. The summed E-state index contributed by atoms with van der Waals surface area (Å²) in [7, 11) is 0. The zero-order valence-electron chi connectivity index (χ0n) is 13.5. The van der Waals surface area contributed by atoms with Gasteiger partial charge in [0.05, 0.1) is 0 Å². The predicted molar refractivity (Wildman–Crippen MR) is 86.2 cm³/mol. The molecule has 115 valence electrons. The summed E-state index contributed by atoms with van der Waals surface area (Å²) in [5.74, 6) is 0.591. The second kappa shape index (κ2) is 16.0. The molecule has 0 fully saturated rings. The molecule has 1 nitrogen and oxygen atoms in total. The number of aliphatic hydroxyl groups is 1. The molecule has 1 unspecified atom stereocenters. The van der Waals surface area contributed by atoms with Crippen LogP contribution in [0.2, 0.25) is 0 Å². The van der Waals surface area contributed by atoms with Gasteiger partial charge in [-0.1, -0.05) is 97.3 Å². The minimum Gasteiger partial charge on any atom is -0.396 e. The van der Waals surface area contributed by atoms with Gasteiger partial charge in [0.2, 0.25) is 0 Å². The summed E-state index contributed by atoms with van der Waals surface area (Å²) in [6.45, 7) is 4.72. The quantitative estimate of drug-likeness (QED) is 0.366. The highest BCUT2D eigenvalue weighted by Crippen LogP contribution is 2.15. The Morgan fingerprint density at radius 3 is 1.58 bits per heavy atom. The van der Waals surface area contributed by atoms with Gasteiger partial charge in [-0.05, 0) is 12.3 Å². The van der Waals surface area contributed by atoms with E-state index in [1.807, 2.05) is 6.42 Å². The van der Waals surface area contributed by atoms with E-state index in [2.05, 4.69) is 13.8 Å². The van der Waals surface area contributed by atoms with Crippen LogP contribution in [0.25, 0.3) is 0 Å². The molecule has 1 atom stereocenters. The molecular weight excluding hydrogens is 232 g/mol. The fourth-order valence-corrected chi connectivity index (χ4v) is 2.61. The Morgan fingerprint density at radius 1 is 0.737 bits per heavy atom. The first-order chi connectivity index (χ1) is 9.31. The van der Waals surface area contributed by atoms with Gasteiger partial charge in [0, 0.05) is 6.61 Å². The van der Waals surface area contributed by atoms with Gasteiger partial charge in [0.1, 0.15) is 0 Å². The molecule has 0 saturated carbocycles. The van der Waals surface area contributed by atoms with Crippen LogP contribution in [0.5, 0.6) is 0 Å². The van der Waals surface area contributed by atoms with Crippen molar-refractivity contribution in [2.75, 3.05) is 6.61 Å². The molecule has 0 spiro atoms. The van der Waals surface area contributed by atoms with Crippen LogP contribution in [0.15, 0.2) is 0 Å². The first kappa shape index (κ1) is 19.0. The highest BCUT2D eigenvalue weighted by molar-refractivity contribution is 4.70. The molecule has 0 aromatic heterocycles. The molecule has 0 aliphatic carbocycles. The molecule has 0 saturated heterocycles. The van der Waals surface area contributed by atoms with Crippen LogP contribution in [0.1, 0.15) is 97.3 Å². The van der Waals surface area contributed by atoms with Gasteiger partial charge in [0.15, 0.2) is 0 Å². The van der Waals surface area contributed by atoms with Crippen molar-refractivity contribution in [3.8, 4) is 0 Å². The summed E-state index contributed by atoms with van der Waals surface area (Å²) < 4.78 is 0. The van der Waals surface area contributed by atoms with E-state index in [9.17, 15) is 0 Å². The highest BCUT2D eigenvalue weighted by atomic mass is 16.3. The summed E-state index contributed by atoms with van der Waals surface area (Å²) in [5.41, 5.74) is 0. The fourth-order valence-electron chi connectivity index (χ4n) is 2.61. The summed E-state index contributed by atoms with van der Waals surface area (Å²) >= 11 is 0. The maximum absolute atomic E-state index is 8.77. The highest BCUT2D eigenvalue weighted by Gasteiger charge is 2.00. The first-order valence-electron chi connectivity index (χ1n) is 8.75. The lowest BCUT2D eigenvalue weighted by molar-refractivity contribution is 0.308. The molecule has 0 aromatic rings. The van der Waals surface area contributed by atoms with Gasteiger partial charge in [0.25, 0.3) is 0 Å². The lowest BCUT2D eigenvalue weighted by Crippen LogP contribution is -1.98. The van der Waals surface area contributed by atoms with E-state index in [1.165, 1.54) is 83.5 Å². The third kappa shape index (κ3) is 15.9. The van der Waals surface area contributed by atoms with Gasteiger partial charge >= 0.3 is 0 Å². The van der Waals surface area contributed by atoms with Crippen molar-refractivity contribution in [3.63, 3.8) is 0 Å². The van der Waals surface area contributed by atoms with Gasteiger partial charge in [-0.25, -0.2) is 0 Å². The van der Waals surface area contributed by atoms with Crippen LogP contribution >= 0.6 is 0 Å². The van der Waals surface area contributed by atoms with Crippen molar-refractivity contribution in [2.45, 2.75) is 97.3 Å². The van der Waals surface area contributed by atoms with Crippen LogP contribution in [-0.2, 0) is 0 Å². The lowest BCUT2D eigenvalue weighted by Gasteiger charge is -2.08. The SMILES string of the molecule is CCCCCCCCCCCCCCC(C)[CH]CO. The topological polar surface area (TPSA) is 20.2 Å². The molecule has 19 heavy (non-hydrogen) atoms. The predicted octanol–water partition coefficient (Wildman–Crippen LogP) is 5.91. The van der Waals surface area contributed by atoms with E-state index in [0.717, 1.165) is 0 Å². The molecular formula is C18H37O. The second-order valence-electron chi connectivity index (χ2n) is 6.07. The van der Waals surface area contributed by atoms with Gasteiger partial charge in [-0.3, -0.25) is 0 Å². The second-order valence-corrected chi connectivity index (χ2v) is 6.07. The number of hydrogen-bond donors (Lipinski definition) is 1. The normalized spacial score (nSPS) is 12.8. The Hall–Kier alpha value is -0.0400. The number of rotatable bonds is 15. The maximum Gasteiger partial charge on any atom is 0.0465 e. The smallest absolute Gasteiger partial charge is 0.0465 e. The molecule has 1 N–H and O–H groups in total. The number of hydrogen-bond acceptors (Lipinski definition) is 1. The molecule has 1 heteroatoms. The Labute approximate surface area is 122 Å². The van der Waals surface area contributed by atoms with Crippen LogP contribution in [0.4, 0.5) is 0 Å². The molecule has 1 radical (unpaired) electrons. The van der Waals surface area contributed by atoms with Crippen LogP contribution in [0, 0.1) is 12.3 Å². The van der Waals surface area contributed by atoms with Crippen molar-refractivity contribution >= 4 is 0 Å². The summed E-state index contributed by atoms with van der Waals surface area (Å²) in [5, 5.41) is 8.77. The van der Waals surface area contributed by atoms with E-state index in [0.29, 0.717) is 5.92 Å². The average molecular weight is 269 g/mol. The van der Waals surface area contributed by atoms with E-state index in [-0.39, 0.29) is 6.61 Å². The van der Waals surface area contributed by atoms with Crippen LogP contribution in [0.3, 0.4) is 0 Å². The molecule has 0 aliphatic heterocycles. The zero-order chi connectivity index (χ0) is 14.2. The lowest BCUT2D eigenvalue weighted by atomic mass is 9.99. The Bertz CT molecular complexity index is 156. The van der Waals surface area contributed by atoms with Crippen molar-refractivity contribution in [2.24, 2.45) is 5.92 Å². The van der Waals surface area contributed by atoms with Crippen LogP contribution in [-0.4, -0.2) is 11.7 Å². The average Bonchev–Trinajstić information content (AvgIpc) is 2.40. The zero-order valence-corrected chi connectivity index (χ0v) is 13.5. The van der Waals surface area contributed by atoms with E-state index in [1.54, 1.807) is 0 Å². The Morgan fingerprint density at radius 2 is 1.16 bits per heavy atom. The van der Waals surface area contributed by atoms with Crippen molar-refractivity contribution in [1.82, 2.24) is 0 Å². The standard InChI is InChI=1S/C18H37O/c1-3-4-5-6-7-8-9-10-11-12-13-14-15-18(2)16-17-19/h16,18-19H,3-15,17H2,1-2H3. The minimum absolute atomic E-state index is 0.236. The monoisotopic (exact) mass is 269 g/mol. The van der Waals surface area contributed by atoms with E-state index < -0.39 is 0 Å². The summed E-state index contributed by atoms with van der Waals surface area (Å²) in [6, 6.07) is 0. The Kier molecular flexibility index (Phi) is 16.0. The minimum atomic E-state index is 0.236. The fraction of sp³-hybridized carbons (Fsp3) is 0.944. The van der Waals surface area contributed by atoms with Gasteiger partial charge in [-0.2, -0.15) is 0 Å². The molecule has 0 bridgehead atoms. The van der Waals surface area contributed by atoms with E-state index >= 15 is 0 Å². The summed E-state index contributed by atoms with van der Waals surface area (Å²) in [4.78, 5) is 0. The molecule has 0 heterocycles. The van der Waals surface area contributed by atoms with Crippen molar-refractivity contribution in [3.05, 3.63) is 6.42 Å². The third-order valence-corrected chi connectivity index (χ3v) is 4.02. The van der Waals surface area contributed by atoms with Gasteiger partial charge in [-0.15, -0.1) is 0 Å².